The molecule has 1 N–H and O–H groups in total. The van der Waals surface area contributed by atoms with Gasteiger partial charge in [0.05, 0.1) is 12.6 Å². The highest BCUT2D eigenvalue weighted by Crippen LogP contribution is 2.30. The Balaban J connectivity index is 1.20. The molecule has 0 fully saturated rings. The summed E-state index contributed by atoms with van der Waals surface area (Å²) < 4.78 is 54.6. The van der Waals surface area contributed by atoms with Crippen LogP contribution in [0.3, 0.4) is 0 Å². The van der Waals surface area contributed by atoms with Crippen LogP contribution < -0.4 is 14.8 Å². The van der Waals surface area contributed by atoms with Gasteiger partial charge >= 0.3 is 6.18 Å². The first kappa shape index (κ1) is 24.6. The summed E-state index contributed by atoms with van der Waals surface area (Å²) in [6.45, 7) is -0.849. The molecule has 4 heterocycles. The van der Waals surface area contributed by atoms with Gasteiger partial charge in [-0.05, 0) is 41.8 Å². The normalized spacial score (nSPS) is 18.5. The van der Waals surface area contributed by atoms with E-state index in [1.807, 2.05) is 30.3 Å². The minimum absolute atomic E-state index is 0.148. The SMILES string of the molecule is N#Cc1ccc(-c2ccc3c(c2)C[C@@H](NC(=O)c2cc4n(n2)CCC(COCC(F)(F)F)O4)CO3)cn1. The number of ether oxygens (including phenoxy) is 3. The Morgan fingerprint density at radius 1 is 1.24 bits per heavy atom. The number of nitriles is 1. The molecular formula is C25H22F3N5O4. The molecule has 2 aliphatic rings. The van der Waals surface area contributed by atoms with Crippen LogP contribution in [-0.2, 0) is 17.7 Å². The van der Waals surface area contributed by atoms with Crippen molar-refractivity contribution in [1.82, 2.24) is 20.1 Å². The molecule has 2 atom stereocenters. The van der Waals surface area contributed by atoms with Crippen molar-refractivity contribution in [2.45, 2.75) is 37.7 Å². The first-order valence-electron chi connectivity index (χ1n) is 11.6. The summed E-state index contributed by atoms with van der Waals surface area (Å²) in [5.74, 6) is 0.642. The van der Waals surface area contributed by atoms with Crippen LogP contribution in [0.15, 0.2) is 42.6 Å². The first-order valence-corrected chi connectivity index (χ1v) is 11.6. The van der Waals surface area contributed by atoms with Gasteiger partial charge in [-0.25, -0.2) is 9.67 Å². The maximum absolute atomic E-state index is 12.9. The molecule has 37 heavy (non-hydrogen) atoms. The molecule has 0 saturated carbocycles. The van der Waals surface area contributed by atoms with Crippen molar-refractivity contribution in [3.05, 3.63) is 59.5 Å². The van der Waals surface area contributed by atoms with Crippen LogP contribution in [0.2, 0.25) is 0 Å². The third-order valence-electron chi connectivity index (χ3n) is 6.01. The fourth-order valence-corrected chi connectivity index (χ4v) is 4.24. The number of nitrogens with one attached hydrogen (secondary N) is 1. The summed E-state index contributed by atoms with van der Waals surface area (Å²) >= 11 is 0. The molecule has 0 bridgehead atoms. The Kier molecular flexibility index (Phi) is 6.71. The molecular weight excluding hydrogens is 491 g/mol. The van der Waals surface area contributed by atoms with Gasteiger partial charge in [0, 0.05) is 30.8 Å². The second kappa shape index (κ2) is 10.1. The van der Waals surface area contributed by atoms with Crippen LogP contribution >= 0.6 is 0 Å². The monoisotopic (exact) mass is 513 g/mol. The van der Waals surface area contributed by atoms with Crippen molar-refractivity contribution >= 4 is 5.91 Å². The number of benzene rings is 1. The number of carbonyl (C=O) groups is 1. The summed E-state index contributed by atoms with van der Waals surface area (Å²) in [6.07, 6.45) is -2.35. The molecule has 0 saturated heterocycles. The van der Waals surface area contributed by atoms with Gasteiger partial charge in [0.2, 0.25) is 5.88 Å². The summed E-state index contributed by atoms with van der Waals surface area (Å²) in [5.41, 5.74) is 3.19. The molecule has 1 aromatic carbocycles. The van der Waals surface area contributed by atoms with Gasteiger partial charge in [-0.3, -0.25) is 4.79 Å². The highest BCUT2D eigenvalue weighted by Gasteiger charge is 2.30. The van der Waals surface area contributed by atoms with E-state index in [1.165, 1.54) is 10.7 Å². The third kappa shape index (κ3) is 5.83. The van der Waals surface area contributed by atoms with Gasteiger partial charge < -0.3 is 19.5 Å². The van der Waals surface area contributed by atoms with Crippen molar-refractivity contribution in [3.8, 4) is 28.8 Å². The van der Waals surface area contributed by atoms with Crippen molar-refractivity contribution in [3.63, 3.8) is 0 Å². The first-order chi connectivity index (χ1) is 17.8. The van der Waals surface area contributed by atoms with Gasteiger partial charge in [-0.15, -0.1) is 0 Å². The summed E-state index contributed by atoms with van der Waals surface area (Å²) in [4.78, 5) is 17.0. The van der Waals surface area contributed by atoms with Gasteiger partial charge in [0.25, 0.3) is 5.91 Å². The fraction of sp³-hybridized carbons (Fsp3) is 0.360. The lowest BCUT2D eigenvalue weighted by molar-refractivity contribution is -0.179. The zero-order valence-corrected chi connectivity index (χ0v) is 19.5. The predicted octanol–water partition coefficient (Wildman–Crippen LogP) is 3.28. The second-order valence-corrected chi connectivity index (χ2v) is 8.80. The molecule has 3 aromatic rings. The Bertz CT molecular complexity index is 1330. The standard InChI is InChI=1S/C25H22F3N5O4/c26-25(27,28)14-35-13-20-5-6-33-23(37-20)9-21(32-33)24(34)31-19-8-17-7-15(2-4-22(17)36-12-19)16-1-3-18(10-29)30-11-16/h1-4,7,9,11,19-20H,5-6,8,12-14H2,(H,31,34)/t19-,20?/m1/s1. The van der Waals surface area contributed by atoms with E-state index < -0.39 is 24.8 Å². The maximum atomic E-state index is 12.9. The molecule has 2 aromatic heterocycles. The molecule has 2 aliphatic heterocycles. The lowest BCUT2D eigenvalue weighted by atomic mass is 9.97. The third-order valence-corrected chi connectivity index (χ3v) is 6.01. The molecule has 0 radical (unpaired) electrons. The second-order valence-electron chi connectivity index (χ2n) is 8.80. The van der Waals surface area contributed by atoms with Gasteiger partial charge in [0.1, 0.15) is 36.8 Å². The van der Waals surface area contributed by atoms with Gasteiger partial charge in [-0.1, -0.05) is 6.07 Å². The number of rotatable bonds is 6. The topological polar surface area (TPSA) is 111 Å². The number of fused-ring (bicyclic) bond motifs is 2. The van der Waals surface area contributed by atoms with Gasteiger partial charge in [-0.2, -0.15) is 23.5 Å². The number of halogens is 3. The van der Waals surface area contributed by atoms with E-state index in [1.54, 1.807) is 12.3 Å². The quantitative estimate of drug-likeness (QED) is 0.539. The maximum Gasteiger partial charge on any atom is 0.411 e. The molecule has 1 amide bonds. The minimum atomic E-state index is -4.40. The number of hydrogen-bond donors (Lipinski definition) is 1. The zero-order chi connectivity index (χ0) is 26.0. The number of hydrogen-bond acceptors (Lipinski definition) is 7. The van der Waals surface area contributed by atoms with Crippen molar-refractivity contribution in [1.29, 1.82) is 5.26 Å². The average molecular weight is 513 g/mol. The van der Waals surface area contributed by atoms with E-state index in [9.17, 15) is 18.0 Å². The van der Waals surface area contributed by atoms with Crippen molar-refractivity contribution in [2.24, 2.45) is 0 Å². The van der Waals surface area contributed by atoms with Crippen LogP contribution in [0, 0.1) is 11.3 Å². The number of pyridine rings is 1. The molecule has 12 heteroatoms. The number of alkyl halides is 3. The molecule has 9 nitrogen and oxygen atoms in total. The Morgan fingerprint density at radius 2 is 2.08 bits per heavy atom. The van der Waals surface area contributed by atoms with Crippen molar-refractivity contribution < 1.29 is 32.2 Å². The van der Waals surface area contributed by atoms with Crippen LogP contribution in [0.25, 0.3) is 11.1 Å². The Morgan fingerprint density at radius 3 is 2.84 bits per heavy atom. The summed E-state index contributed by atoms with van der Waals surface area (Å²) in [6, 6.07) is 12.4. The zero-order valence-electron chi connectivity index (χ0n) is 19.5. The fourth-order valence-electron chi connectivity index (χ4n) is 4.24. The summed E-state index contributed by atoms with van der Waals surface area (Å²) in [5, 5.41) is 16.1. The predicted molar refractivity (Wildman–Crippen MR) is 123 cm³/mol. The highest BCUT2D eigenvalue weighted by atomic mass is 19.4. The van der Waals surface area contributed by atoms with Crippen LogP contribution in [0.4, 0.5) is 13.2 Å². The number of carbonyl (C=O) groups excluding carboxylic acids is 1. The van der Waals surface area contributed by atoms with E-state index in [0.29, 0.717) is 37.6 Å². The molecule has 5 rings (SSSR count). The lowest BCUT2D eigenvalue weighted by Gasteiger charge is -2.26. The number of aryl methyl sites for hydroxylation is 1. The highest BCUT2D eigenvalue weighted by molar-refractivity contribution is 5.92. The molecule has 0 aliphatic carbocycles. The Labute approximate surface area is 209 Å². The number of nitrogens with zero attached hydrogens (tertiary/aromatic N) is 4. The largest absolute Gasteiger partial charge is 0.491 e. The van der Waals surface area contributed by atoms with Gasteiger partial charge in [0.15, 0.2) is 5.69 Å². The molecule has 192 valence electrons. The van der Waals surface area contributed by atoms with Crippen LogP contribution in [-0.4, -0.2) is 58.8 Å². The van der Waals surface area contributed by atoms with E-state index >= 15 is 0 Å². The van der Waals surface area contributed by atoms with E-state index in [0.717, 1.165) is 22.4 Å². The smallest absolute Gasteiger partial charge is 0.411 e. The van der Waals surface area contributed by atoms with E-state index in [-0.39, 0.29) is 18.3 Å². The minimum Gasteiger partial charge on any atom is -0.491 e. The lowest BCUT2D eigenvalue weighted by Crippen LogP contribution is -2.42. The number of aromatic nitrogens is 3. The van der Waals surface area contributed by atoms with E-state index in [4.69, 9.17) is 19.5 Å². The van der Waals surface area contributed by atoms with Crippen LogP contribution in [0.1, 0.15) is 28.2 Å². The average Bonchev–Trinajstić information content (AvgIpc) is 3.31. The van der Waals surface area contributed by atoms with E-state index in [2.05, 4.69) is 15.4 Å². The molecule has 1 unspecified atom stereocenters. The number of amides is 1. The molecule has 0 spiro atoms. The van der Waals surface area contributed by atoms with Crippen molar-refractivity contribution in [2.75, 3.05) is 19.8 Å². The van der Waals surface area contributed by atoms with Crippen LogP contribution in [0.5, 0.6) is 11.6 Å². The Hall–Kier alpha value is -4.11. The summed E-state index contributed by atoms with van der Waals surface area (Å²) in [7, 11) is 0.